The van der Waals surface area contributed by atoms with Crippen LogP contribution < -0.4 is 10.6 Å². The molecule has 21 heavy (non-hydrogen) atoms. The van der Waals surface area contributed by atoms with E-state index in [-0.39, 0.29) is 31.2 Å². The van der Waals surface area contributed by atoms with E-state index in [4.69, 9.17) is 9.52 Å². The second-order valence-corrected chi connectivity index (χ2v) is 4.69. The van der Waals surface area contributed by atoms with Gasteiger partial charge in [0.2, 0.25) is 11.8 Å². The first-order chi connectivity index (χ1) is 9.99. The summed E-state index contributed by atoms with van der Waals surface area (Å²) < 4.78 is 5.08. The van der Waals surface area contributed by atoms with Crippen LogP contribution in [0, 0.1) is 0 Å². The highest BCUT2D eigenvalue weighted by atomic mass is 16.4. The molecule has 0 saturated carbocycles. The van der Waals surface area contributed by atoms with Gasteiger partial charge in [-0.15, -0.1) is 0 Å². The van der Waals surface area contributed by atoms with Crippen molar-refractivity contribution in [2.75, 3.05) is 0 Å². The van der Waals surface area contributed by atoms with Gasteiger partial charge < -0.3 is 20.2 Å². The summed E-state index contributed by atoms with van der Waals surface area (Å²) in [5.41, 5.74) is 0. The van der Waals surface area contributed by atoms with Gasteiger partial charge in [-0.05, 0) is 31.9 Å². The highest BCUT2D eigenvalue weighted by Crippen LogP contribution is 2.01. The zero-order chi connectivity index (χ0) is 15.7. The molecule has 7 nitrogen and oxygen atoms in total. The predicted molar refractivity (Wildman–Crippen MR) is 74.3 cm³/mol. The van der Waals surface area contributed by atoms with Gasteiger partial charge in [0.25, 0.3) is 0 Å². The lowest BCUT2D eigenvalue weighted by molar-refractivity contribution is -0.137. The Morgan fingerprint density at radius 3 is 2.62 bits per heavy atom. The molecule has 2 amide bonds. The summed E-state index contributed by atoms with van der Waals surface area (Å²) in [5, 5.41) is 13.7. The highest BCUT2D eigenvalue weighted by molar-refractivity contribution is 5.87. The van der Waals surface area contributed by atoms with E-state index in [0.717, 1.165) is 0 Å². The Hall–Kier alpha value is -2.31. The van der Waals surface area contributed by atoms with E-state index in [1.807, 2.05) is 0 Å². The molecule has 116 valence electrons. The molecule has 0 bridgehead atoms. The van der Waals surface area contributed by atoms with Crippen molar-refractivity contribution in [1.29, 1.82) is 0 Å². The van der Waals surface area contributed by atoms with Crippen LogP contribution in [0.5, 0.6) is 0 Å². The lowest BCUT2D eigenvalue weighted by Crippen LogP contribution is -2.44. The first-order valence-corrected chi connectivity index (χ1v) is 6.80. The topological polar surface area (TPSA) is 109 Å². The maximum atomic E-state index is 11.7. The summed E-state index contributed by atoms with van der Waals surface area (Å²) in [6.45, 7) is 1.86. The van der Waals surface area contributed by atoms with Crippen molar-refractivity contribution in [3.63, 3.8) is 0 Å². The zero-order valence-electron chi connectivity index (χ0n) is 11.9. The molecule has 0 aromatic carbocycles. The van der Waals surface area contributed by atoms with E-state index in [0.29, 0.717) is 18.6 Å². The molecule has 3 N–H and O–H groups in total. The van der Waals surface area contributed by atoms with Crippen LogP contribution in [0.3, 0.4) is 0 Å². The van der Waals surface area contributed by atoms with Crippen molar-refractivity contribution in [1.82, 2.24) is 10.6 Å². The molecule has 0 aliphatic heterocycles. The minimum Gasteiger partial charge on any atom is -0.481 e. The van der Waals surface area contributed by atoms with Crippen LogP contribution in [0.15, 0.2) is 22.8 Å². The molecule has 1 atom stereocenters. The third-order valence-electron chi connectivity index (χ3n) is 2.83. The third kappa shape index (κ3) is 7.14. The molecule has 0 fully saturated rings. The van der Waals surface area contributed by atoms with Gasteiger partial charge in [-0.1, -0.05) is 0 Å². The quantitative estimate of drug-likeness (QED) is 0.590. The monoisotopic (exact) mass is 296 g/mol. The summed E-state index contributed by atoms with van der Waals surface area (Å²) in [7, 11) is 0. The molecular formula is C14H20N2O5. The van der Waals surface area contributed by atoms with Crippen molar-refractivity contribution in [2.24, 2.45) is 0 Å². The molecule has 0 aliphatic carbocycles. The Bertz CT molecular complexity index is 470. The average Bonchev–Trinajstić information content (AvgIpc) is 2.93. The molecule has 1 unspecified atom stereocenters. The Morgan fingerprint density at radius 1 is 1.29 bits per heavy atom. The first kappa shape index (κ1) is 16.7. The fourth-order valence-corrected chi connectivity index (χ4v) is 1.68. The van der Waals surface area contributed by atoms with Gasteiger partial charge >= 0.3 is 5.97 Å². The minimum absolute atomic E-state index is 0.0481. The van der Waals surface area contributed by atoms with E-state index in [2.05, 4.69) is 10.6 Å². The summed E-state index contributed by atoms with van der Waals surface area (Å²) in [6.07, 6.45) is 2.71. The molecule has 1 heterocycles. The van der Waals surface area contributed by atoms with E-state index >= 15 is 0 Å². The van der Waals surface area contributed by atoms with Crippen molar-refractivity contribution >= 4 is 17.8 Å². The number of carboxylic acids is 1. The van der Waals surface area contributed by atoms with Crippen LogP contribution >= 0.6 is 0 Å². The number of rotatable bonds is 9. The van der Waals surface area contributed by atoms with Gasteiger partial charge in [-0.3, -0.25) is 14.4 Å². The minimum atomic E-state index is -0.874. The summed E-state index contributed by atoms with van der Waals surface area (Å²) >= 11 is 0. The number of hydrogen-bond donors (Lipinski definition) is 3. The number of amides is 2. The number of aliphatic carboxylic acids is 1. The van der Waals surface area contributed by atoms with E-state index < -0.39 is 12.0 Å². The van der Waals surface area contributed by atoms with Gasteiger partial charge in [0.1, 0.15) is 11.8 Å². The Labute approximate surface area is 122 Å². The van der Waals surface area contributed by atoms with Crippen LogP contribution in [0.1, 0.15) is 38.4 Å². The SMILES string of the molecule is CC(NC(=O)CCCCC(=O)O)C(=O)NCc1ccco1. The van der Waals surface area contributed by atoms with Crippen molar-refractivity contribution < 1.29 is 23.9 Å². The molecule has 0 aliphatic rings. The van der Waals surface area contributed by atoms with E-state index in [9.17, 15) is 14.4 Å². The second kappa shape index (κ2) is 8.78. The molecular weight excluding hydrogens is 276 g/mol. The normalized spacial score (nSPS) is 11.7. The van der Waals surface area contributed by atoms with Crippen molar-refractivity contribution in [2.45, 2.75) is 45.2 Å². The molecule has 0 spiro atoms. The number of carbonyl (C=O) groups is 3. The van der Waals surface area contributed by atoms with Crippen LogP contribution in [0.25, 0.3) is 0 Å². The van der Waals surface area contributed by atoms with Crippen molar-refractivity contribution in [3.8, 4) is 0 Å². The Balaban J connectivity index is 2.18. The van der Waals surface area contributed by atoms with Crippen LogP contribution in [-0.4, -0.2) is 28.9 Å². The molecule has 7 heteroatoms. The van der Waals surface area contributed by atoms with Crippen LogP contribution in [0.2, 0.25) is 0 Å². The van der Waals surface area contributed by atoms with Gasteiger partial charge in [0, 0.05) is 12.8 Å². The van der Waals surface area contributed by atoms with Crippen molar-refractivity contribution in [3.05, 3.63) is 24.2 Å². The number of unbranched alkanes of at least 4 members (excludes halogenated alkanes) is 1. The smallest absolute Gasteiger partial charge is 0.303 e. The van der Waals surface area contributed by atoms with E-state index in [1.54, 1.807) is 19.1 Å². The maximum absolute atomic E-state index is 11.7. The number of furan rings is 1. The lowest BCUT2D eigenvalue weighted by atomic mass is 10.2. The zero-order valence-corrected chi connectivity index (χ0v) is 11.9. The fourth-order valence-electron chi connectivity index (χ4n) is 1.68. The first-order valence-electron chi connectivity index (χ1n) is 6.80. The van der Waals surface area contributed by atoms with Gasteiger partial charge in [-0.25, -0.2) is 0 Å². The molecule has 1 aromatic heterocycles. The molecule has 0 saturated heterocycles. The van der Waals surface area contributed by atoms with Crippen LogP contribution in [-0.2, 0) is 20.9 Å². The predicted octanol–water partition coefficient (Wildman–Crippen LogP) is 1.05. The maximum Gasteiger partial charge on any atom is 0.303 e. The standard InChI is InChI=1S/C14H20N2O5/c1-10(14(20)15-9-11-5-4-8-21-11)16-12(17)6-2-3-7-13(18)19/h4-5,8,10H,2-3,6-7,9H2,1H3,(H,15,20)(H,16,17)(H,18,19). The largest absolute Gasteiger partial charge is 0.481 e. The summed E-state index contributed by atoms with van der Waals surface area (Å²) in [6, 6.07) is 2.82. The van der Waals surface area contributed by atoms with Gasteiger partial charge in [-0.2, -0.15) is 0 Å². The number of nitrogens with one attached hydrogen (secondary N) is 2. The van der Waals surface area contributed by atoms with Crippen LogP contribution in [0.4, 0.5) is 0 Å². The number of carboxylic acid groups (broad SMARTS) is 1. The highest BCUT2D eigenvalue weighted by Gasteiger charge is 2.15. The third-order valence-corrected chi connectivity index (χ3v) is 2.83. The lowest BCUT2D eigenvalue weighted by Gasteiger charge is -2.13. The van der Waals surface area contributed by atoms with Gasteiger partial charge in [0.15, 0.2) is 0 Å². The molecule has 1 aromatic rings. The summed E-state index contributed by atoms with van der Waals surface area (Å²) in [4.78, 5) is 33.6. The number of hydrogen-bond acceptors (Lipinski definition) is 4. The molecule has 0 radical (unpaired) electrons. The number of carbonyl (C=O) groups excluding carboxylic acids is 2. The average molecular weight is 296 g/mol. The Morgan fingerprint density at radius 2 is 2.00 bits per heavy atom. The fraction of sp³-hybridized carbons (Fsp3) is 0.500. The molecule has 1 rings (SSSR count). The Kier molecular flexibility index (Phi) is 7.00. The van der Waals surface area contributed by atoms with Gasteiger partial charge in [0.05, 0.1) is 12.8 Å². The summed E-state index contributed by atoms with van der Waals surface area (Å²) in [5.74, 6) is -0.803. The van der Waals surface area contributed by atoms with E-state index in [1.165, 1.54) is 6.26 Å². The second-order valence-electron chi connectivity index (χ2n) is 4.69.